The molecular formula is C12H21NO4. The van der Waals surface area contributed by atoms with Gasteiger partial charge in [0, 0.05) is 12.0 Å². The Bertz CT molecular complexity index is 263. The second-order valence-electron chi connectivity index (χ2n) is 3.97. The van der Waals surface area contributed by atoms with Crippen molar-refractivity contribution in [3.8, 4) is 0 Å². The lowest BCUT2D eigenvalue weighted by Crippen LogP contribution is -2.17. The molecular weight excluding hydrogens is 222 g/mol. The highest BCUT2D eigenvalue weighted by atomic mass is 16.5. The van der Waals surface area contributed by atoms with Crippen molar-refractivity contribution in [1.82, 2.24) is 5.48 Å². The van der Waals surface area contributed by atoms with Crippen molar-refractivity contribution in [2.45, 2.75) is 45.4 Å². The summed E-state index contributed by atoms with van der Waals surface area (Å²) >= 11 is 0. The Morgan fingerprint density at radius 3 is 2.35 bits per heavy atom. The first-order chi connectivity index (χ1) is 8.07. The molecule has 0 unspecified atom stereocenters. The van der Waals surface area contributed by atoms with Gasteiger partial charge in [0.1, 0.15) is 0 Å². The van der Waals surface area contributed by atoms with Crippen molar-refractivity contribution in [2.75, 3.05) is 6.61 Å². The summed E-state index contributed by atoms with van der Waals surface area (Å²) in [4.78, 5) is 21.7. The molecule has 1 amide bonds. The molecule has 0 radical (unpaired) electrons. The monoisotopic (exact) mass is 243 g/mol. The second kappa shape index (κ2) is 9.84. The van der Waals surface area contributed by atoms with E-state index in [0.717, 1.165) is 32.1 Å². The highest BCUT2D eigenvalue weighted by Gasteiger charge is 2.02. The summed E-state index contributed by atoms with van der Waals surface area (Å²) < 4.78 is 4.93. The summed E-state index contributed by atoms with van der Waals surface area (Å²) in [5.41, 5.74) is 2.01. The lowest BCUT2D eigenvalue weighted by atomic mass is 10.1. The van der Waals surface area contributed by atoms with E-state index in [1.807, 2.05) is 0 Å². The Morgan fingerprint density at radius 2 is 1.76 bits per heavy atom. The van der Waals surface area contributed by atoms with E-state index >= 15 is 0 Å². The number of amides is 1. The fourth-order valence-corrected chi connectivity index (χ4v) is 1.26. The van der Waals surface area contributed by atoms with Gasteiger partial charge in [0.15, 0.2) is 0 Å². The molecule has 0 atom stereocenters. The Balaban J connectivity index is 3.22. The molecule has 5 heteroatoms. The van der Waals surface area contributed by atoms with Crippen LogP contribution in [-0.4, -0.2) is 23.7 Å². The number of hydrogen-bond acceptors (Lipinski definition) is 4. The van der Waals surface area contributed by atoms with E-state index < -0.39 is 0 Å². The molecule has 0 saturated carbocycles. The molecule has 0 fully saturated rings. The van der Waals surface area contributed by atoms with E-state index in [9.17, 15) is 9.59 Å². The summed E-state index contributed by atoms with van der Waals surface area (Å²) in [7, 11) is 0. The topological polar surface area (TPSA) is 75.6 Å². The number of carbonyl (C=O) groups excluding carboxylic acids is 2. The molecule has 0 aliphatic rings. The molecule has 0 aromatic rings. The summed E-state index contributed by atoms with van der Waals surface area (Å²) in [6, 6.07) is 0. The standard InChI is InChI=1S/C12H21NO4/c1-10(2)12(15)17-9-7-5-3-4-6-8-11(14)13-16/h16H,1,3-9H2,2H3,(H,13,14). The van der Waals surface area contributed by atoms with Crippen LogP contribution in [0.2, 0.25) is 0 Å². The first-order valence-corrected chi connectivity index (χ1v) is 5.83. The van der Waals surface area contributed by atoms with Crippen molar-refractivity contribution in [2.24, 2.45) is 0 Å². The normalized spacial score (nSPS) is 9.76. The van der Waals surface area contributed by atoms with E-state index in [1.165, 1.54) is 0 Å². The zero-order valence-corrected chi connectivity index (χ0v) is 10.3. The van der Waals surface area contributed by atoms with Crippen molar-refractivity contribution in [3.05, 3.63) is 12.2 Å². The molecule has 0 aliphatic heterocycles. The number of ether oxygens (including phenoxy) is 1. The van der Waals surface area contributed by atoms with Gasteiger partial charge in [-0.1, -0.05) is 25.8 Å². The molecule has 0 aromatic heterocycles. The Kier molecular flexibility index (Phi) is 9.05. The summed E-state index contributed by atoms with van der Waals surface area (Å²) in [6.07, 6.45) is 4.82. The van der Waals surface area contributed by atoms with Crippen LogP contribution in [0.1, 0.15) is 45.4 Å². The van der Waals surface area contributed by atoms with Gasteiger partial charge in [-0.05, 0) is 19.8 Å². The highest BCUT2D eigenvalue weighted by molar-refractivity contribution is 5.86. The number of hydrogen-bond donors (Lipinski definition) is 2. The zero-order valence-electron chi connectivity index (χ0n) is 10.3. The summed E-state index contributed by atoms with van der Waals surface area (Å²) in [6.45, 7) is 5.53. The molecule has 0 rings (SSSR count). The number of nitrogens with one attached hydrogen (secondary N) is 1. The number of esters is 1. The molecule has 2 N–H and O–H groups in total. The largest absolute Gasteiger partial charge is 0.462 e. The van der Waals surface area contributed by atoms with E-state index in [-0.39, 0.29) is 11.9 Å². The molecule has 98 valence electrons. The Labute approximate surface area is 102 Å². The number of unbranched alkanes of at least 4 members (excludes halogenated alkanes) is 4. The Morgan fingerprint density at radius 1 is 1.18 bits per heavy atom. The van der Waals surface area contributed by atoms with E-state index in [2.05, 4.69) is 6.58 Å². The van der Waals surface area contributed by atoms with Crippen LogP contribution in [0.4, 0.5) is 0 Å². The fourth-order valence-electron chi connectivity index (χ4n) is 1.26. The SMILES string of the molecule is C=C(C)C(=O)OCCCCCCCC(=O)NO. The molecule has 0 aliphatic carbocycles. The minimum absolute atomic E-state index is 0.343. The lowest BCUT2D eigenvalue weighted by Gasteiger charge is -2.04. The van der Waals surface area contributed by atoms with Gasteiger partial charge in [0.05, 0.1) is 6.61 Å². The van der Waals surface area contributed by atoms with Crippen molar-refractivity contribution in [1.29, 1.82) is 0 Å². The van der Waals surface area contributed by atoms with Crippen LogP contribution in [0, 0.1) is 0 Å². The van der Waals surface area contributed by atoms with Gasteiger partial charge < -0.3 is 4.74 Å². The molecule has 0 bridgehead atoms. The van der Waals surface area contributed by atoms with Gasteiger partial charge in [-0.15, -0.1) is 0 Å². The average Bonchev–Trinajstić information content (AvgIpc) is 2.31. The van der Waals surface area contributed by atoms with Gasteiger partial charge in [-0.25, -0.2) is 10.3 Å². The van der Waals surface area contributed by atoms with Crippen LogP contribution in [0.25, 0.3) is 0 Å². The van der Waals surface area contributed by atoms with Gasteiger partial charge in [0.25, 0.3) is 0 Å². The molecule has 5 nitrogen and oxygen atoms in total. The van der Waals surface area contributed by atoms with Crippen LogP contribution in [0.15, 0.2) is 12.2 Å². The van der Waals surface area contributed by atoms with Gasteiger partial charge in [-0.3, -0.25) is 10.0 Å². The number of hydroxylamine groups is 1. The summed E-state index contributed by atoms with van der Waals surface area (Å²) in [5, 5.41) is 8.25. The second-order valence-corrected chi connectivity index (χ2v) is 3.97. The first kappa shape index (κ1) is 15.6. The predicted molar refractivity (Wildman–Crippen MR) is 63.4 cm³/mol. The maximum Gasteiger partial charge on any atom is 0.333 e. The van der Waals surface area contributed by atoms with Crippen molar-refractivity contribution in [3.63, 3.8) is 0 Å². The molecule has 0 spiro atoms. The lowest BCUT2D eigenvalue weighted by molar-refractivity contribution is -0.139. The maximum atomic E-state index is 11.0. The number of carbonyl (C=O) groups is 2. The third-order valence-corrected chi connectivity index (χ3v) is 2.25. The van der Waals surface area contributed by atoms with Gasteiger partial charge in [0.2, 0.25) is 5.91 Å². The van der Waals surface area contributed by atoms with Crippen LogP contribution in [-0.2, 0) is 14.3 Å². The van der Waals surface area contributed by atoms with E-state index in [1.54, 1.807) is 12.4 Å². The van der Waals surface area contributed by atoms with E-state index in [4.69, 9.17) is 9.94 Å². The first-order valence-electron chi connectivity index (χ1n) is 5.83. The molecule has 0 heterocycles. The van der Waals surface area contributed by atoms with Crippen LogP contribution >= 0.6 is 0 Å². The quantitative estimate of drug-likeness (QED) is 0.213. The molecule has 0 saturated heterocycles. The minimum atomic E-state index is -0.347. The summed E-state index contributed by atoms with van der Waals surface area (Å²) in [5.74, 6) is -0.690. The smallest absolute Gasteiger partial charge is 0.333 e. The van der Waals surface area contributed by atoms with Crippen LogP contribution in [0.5, 0.6) is 0 Å². The Hall–Kier alpha value is -1.36. The molecule has 0 aromatic carbocycles. The molecule has 17 heavy (non-hydrogen) atoms. The van der Waals surface area contributed by atoms with E-state index in [0.29, 0.717) is 18.6 Å². The van der Waals surface area contributed by atoms with Crippen molar-refractivity contribution >= 4 is 11.9 Å². The zero-order chi connectivity index (χ0) is 13.1. The maximum absolute atomic E-state index is 11.0. The predicted octanol–water partition coefficient (Wildman–Crippen LogP) is 1.95. The average molecular weight is 243 g/mol. The third-order valence-electron chi connectivity index (χ3n) is 2.25. The fraction of sp³-hybridized carbons (Fsp3) is 0.667. The number of rotatable bonds is 9. The van der Waals surface area contributed by atoms with Gasteiger partial charge in [-0.2, -0.15) is 0 Å². The highest BCUT2D eigenvalue weighted by Crippen LogP contribution is 2.06. The van der Waals surface area contributed by atoms with Crippen LogP contribution in [0.3, 0.4) is 0 Å². The van der Waals surface area contributed by atoms with Crippen LogP contribution < -0.4 is 5.48 Å². The minimum Gasteiger partial charge on any atom is -0.462 e. The van der Waals surface area contributed by atoms with Gasteiger partial charge >= 0.3 is 5.97 Å². The van der Waals surface area contributed by atoms with Crippen molar-refractivity contribution < 1.29 is 19.5 Å². The third kappa shape index (κ3) is 9.56.